The fourth-order valence-electron chi connectivity index (χ4n) is 4.35. The van der Waals surface area contributed by atoms with Crippen molar-refractivity contribution in [2.75, 3.05) is 26.4 Å². The maximum absolute atomic E-state index is 12.5. The Morgan fingerprint density at radius 1 is 0.633 bits per heavy atom. The first kappa shape index (κ1) is 46.5. The molecule has 0 radical (unpaired) electrons. The van der Waals surface area contributed by atoms with Gasteiger partial charge in [0.05, 0.1) is 13.2 Å². The highest BCUT2D eigenvalue weighted by molar-refractivity contribution is 7.47. The largest absolute Gasteiger partial charge is 0.472 e. The summed E-state index contributed by atoms with van der Waals surface area (Å²) in [5.74, 6) is -0.919. The second-order valence-corrected chi connectivity index (χ2v) is 13.2. The van der Waals surface area contributed by atoms with Crippen LogP contribution >= 0.6 is 7.82 Å². The standard InChI is InChI=1S/C39H66NO8P/c1-3-5-7-9-11-13-15-16-17-18-19-20-22-24-26-28-30-32-39(42)48-37(36-47-49(43,44)46-34-33-40)35-45-38(41)31-29-27-25-23-21-14-12-10-8-6-4-2/h5,7,10-13,16-17,19-20,24,26,37H,3-4,6,8-9,14-15,18,21-23,25,27-36,40H2,1-2H3,(H,43,44). The highest BCUT2D eigenvalue weighted by Crippen LogP contribution is 2.43. The van der Waals surface area contributed by atoms with Gasteiger partial charge in [-0.3, -0.25) is 18.6 Å². The Labute approximate surface area is 297 Å². The normalized spacial score (nSPS) is 14.3. The van der Waals surface area contributed by atoms with Crippen LogP contribution in [-0.4, -0.2) is 49.3 Å². The van der Waals surface area contributed by atoms with Crippen molar-refractivity contribution in [3.63, 3.8) is 0 Å². The highest BCUT2D eigenvalue weighted by atomic mass is 31.2. The van der Waals surface area contributed by atoms with Crippen LogP contribution in [0.15, 0.2) is 72.9 Å². The summed E-state index contributed by atoms with van der Waals surface area (Å²) in [7, 11) is -4.39. The Balaban J connectivity index is 4.38. The molecule has 49 heavy (non-hydrogen) atoms. The molecule has 0 heterocycles. The van der Waals surface area contributed by atoms with Crippen molar-refractivity contribution < 1.29 is 37.6 Å². The molecule has 10 heteroatoms. The predicted octanol–water partition coefficient (Wildman–Crippen LogP) is 9.93. The maximum Gasteiger partial charge on any atom is 0.472 e. The number of rotatable bonds is 33. The summed E-state index contributed by atoms with van der Waals surface area (Å²) in [5, 5.41) is 0. The predicted molar refractivity (Wildman–Crippen MR) is 201 cm³/mol. The zero-order chi connectivity index (χ0) is 36.1. The number of allylic oxidation sites excluding steroid dienone is 12. The average Bonchev–Trinajstić information content (AvgIpc) is 3.08. The number of phosphoric ester groups is 1. The number of ether oxygens (including phenoxy) is 2. The molecular weight excluding hydrogens is 641 g/mol. The molecule has 0 aromatic heterocycles. The fourth-order valence-corrected chi connectivity index (χ4v) is 5.12. The molecule has 9 nitrogen and oxygen atoms in total. The Kier molecular flexibility index (Phi) is 33.4. The number of hydrogen-bond acceptors (Lipinski definition) is 8. The summed E-state index contributed by atoms with van der Waals surface area (Å²) in [6, 6.07) is 0. The molecule has 0 spiro atoms. The van der Waals surface area contributed by atoms with Crippen LogP contribution in [0.5, 0.6) is 0 Å². The Hall–Kier alpha value is -2.55. The molecule has 0 aromatic carbocycles. The van der Waals surface area contributed by atoms with Crippen LogP contribution < -0.4 is 5.73 Å². The molecule has 2 unspecified atom stereocenters. The van der Waals surface area contributed by atoms with Gasteiger partial charge >= 0.3 is 19.8 Å². The van der Waals surface area contributed by atoms with Crippen LogP contribution in [0, 0.1) is 0 Å². The molecule has 0 aromatic rings. The third-order valence-corrected chi connectivity index (χ3v) is 8.06. The van der Waals surface area contributed by atoms with Crippen LogP contribution in [0.1, 0.15) is 129 Å². The van der Waals surface area contributed by atoms with Crippen LogP contribution in [0.3, 0.4) is 0 Å². The molecular formula is C39H66NO8P. The van der Waals surface area contributed by atoms with Gasteiger partial charge in [0.2, 0.25) is 0 Å². The van der Waals surface area contributed by atoms with E-state index >= 15 is 0 Å². The van der Waals surface area contributed by atoms with Gasteiger partial charge in [-0.15, -0.1) is 0 Å². The average molecular weight is 708 g/mol. The number of nitrogens with two attached hydrogens (primary N) is 1. The van der Waals surface area contributed by atoms with Gasteiger partial charge in [0.15, 0.2) is 6.10 Å². The van der Waals surface area contributed by atoms with E-state index in [1.54, 1.807) is 0 Å². The molecule has 0 rings (SSSR count). The van der Waals surface area contributed by atoms with E-state index in [1.165, 1.54) is 12.8 Å². The lowest BCUT2D eigenvalue weighted by Crippen LogP contribution is -2.29. The van der Waals surface area contributed by atoms with Crippen molar-refractivity contribution >= 4 is 19.8 Å². The number of unbranched alkanes of at least 4 members (excludes halogenated alkanes) is 8. The van der Waals surface area contributed by atoms with Crippen molar-refractivity contribution in [2.24, 2.45) is 5.73 Å². The fraction of sp³-hybridized carbons (Fsp3) is 0.641. The summed E-state index contributed by atoms with van der Waals surface area (Å²) < 4.78 is 32.5. The molecule has 2 atom stereocenters. The lowest BCUT2D eigenvalue weighted by atomic mass is 10.1. The number of carbonyl (C=O) groups excluding carboxylic acids is 2. The quantitative estimate of drug-likeness (QED) is 0.0296. The Morgan fingerprint density at radius 3 is 1.76 bits per heavy atom. The van der Waals surface area contributed by atoms with Crippen molar-refractivity contribution in [1.82, 2.24) is 0 Å². The maximum atomic E-state index is 12.5. The van der Waals surface area contributed by atoms with E-state index < -0.39 is 32.5 Å². The first-order chi connectivity index (χ1) is 23.8. The summed E-state index contributed by atoms with van der Waals surface area (Å²) in [6.07, 6.45) is 40.9. The summed E-state index contributed by atoms with van der Waals surface area (Å²) >= 11 is 0. The minimum Gasteiger partial charge on any atom is -0.462 e. The SMILES string of the molecule is CCC=CCC=CCC=CCC=CCC=CCCCC(=O)OC(COC(=O)CCCCCCCC=CCCCC)COP(=O)(O)OCCN. The Bertz CT molecular complexity index is 1030. The molecule has 0 aliphatic heterocycles. The summed E-state index contributed by atoms with van der Waals surface area (Å²) in [4.78, 5) is 34.6. The second kappa shape index (κ2) is 35.3. The molecule has 0 aliphatic rings. The lowest BCUT2D eigenvalue weighted by Gasteiger charge is -2.19. The Morgan fingerprint density at radius 2 is 1.14 bits per heavy atom. The molecule has 0 fully saturated rings. The molecule has 0 aliphatic carbocycles. The minimum absolute atomic E-state index is 0.0396. The second-order valence-electron chi connectivity index (χ2n) is 11.7. The van der Waals surface area contributed by atoms with Gasteiger partial charge in [0.1, 0.15) is 6.61 Å². The van der Waals surface area contributed by atoms with Crippen molar-refractivity contribution in [1.29, 1.82) is 0 Å². The lowest BCUT2D eigenvalue weighted by molar-refractivity contribution is -0.161. The van der Waals surface area contributed by atoms with Gasteiger partial charge in [0, 0.05) is 19.4 Å². The van der Waals surface area contributed by atoms with E-state index in [1.807, 2.05) is 6.08 Å². The third-order valence-electron chi connectivity index (χ3n) is 7.08. The van der Waals surface area contributed by atoms with E-state index in [0.717, 1.165) is 70.6 Å². The minimum atomic E-state index is -4.39. The van der Waals surface area contributed by atoms with Crippen LogP contribution in [0.4, 0.5) is 0 Å². The number of hydrogen-bond donors (Lipinski definition) is 2. The summed E-state index contributed by atoms with van der Waals surface area (Å²) in [6.45, 7) is 3.46. The first-order valence-electron chi connectivity index (χ1n) is 18.4. The number of carbonyl (C=O) groups is 2. The van der Waals surface area contributed by atoms with Crippen LogP contribution in [0.25, 0.3) is 0 Å². The van der Waals surface area contributed by atoms with Crippen molar-refractivity contribution in [3.05, 3.63) is 72.9 Å². The monoisotopic (exact) mass is 707 g/mol. The molecule has 0 bridgehead atoms. The molecule has 0 saturated carbocycles. The van der Waals surface area contributed by atoms with Gasteiger partial charge in [-0.1, -0.05) is 119 Å². The topological polar surface area (TPSA) is 134 Å². The molecule has 0 amide bonds. The molecule has 3 N–H and O–H groups in total. The van der Waals surface area contributed by atoms with Crippen molar-refractivity contribution in [2.45, 2.75) is 136 Å². The number of esters is 2. The smallest absolute Gasteiger partial charge is 0.462 e. The van der Waals surface area contributed by atoms with Gasteiger partial charge in [0.25, 0.3) is 0 Å². The molecule has 0 saturated heterocycles. The van der Waals surface area contributed by atoms with Crippen LogP contribution in [0.2, 0.25) is 0 Å². The van der Waals surface area contributed by atoms with E-state index in [2.05, 4.69) is 80.7 Å². The van der Waals surface area contributed by atoms with Crippen LogP contribution in [-0.2, 0) is 32.7 Å². The van der Waals surface area contributed by atoms with E-state index in [0.29, 0.717) is 19.3 Å². The molecule has 280 valence electrons. The number of phosphoric acid groups is 1. The first-order valence-corrected chi connectivity index (χ1v) is 19.9. The summed E-state index contributed by atoms with van der Waals surface area (Å²) in [5.41, 5.74) is 5.32. The zero-order valence-corrected chi connectivity index (χ0v) is 31.3. The van der Waals surface area contributed by atoms with E-state index in [-0.39, 0.29) is 32.6 Å². The van der Waals surface area contributed by atoms with E-state index in [4.69, 9.17) is 24.3 Å². The van der Waals surface area contributed by atoms with Gasteiger partial charge in [-0.2, -0.15) is 0 Å². The van der Waals surface area contributed by atoms with Crippen molar-refractivity contribution in [3.8, 4) is 0 Å². The van der Waals surface area contributed by atoms with E-state index in [9.17, 15) is 19.0 Å². The zero-order valence-electron chi connectivity index (χ0n) is 30.4. The van der Waals surface area contributed by atoms with Gasteiger partial charge < -0.3 is 20.1 Å². The highest BCUT2D eigenvalue weighted by Gasteiger charge is 2.25. The van der Waals surface area contributed by atoms with Gasteiger partial charge in [-0.05, 0) is 70.6 Å². The van der Waals surface area contributed by atoms with Gasteiger partial charge in [-0.25, -0.2) is 4.57 Å². The third kappa shape index (κ3) is 35.1.